The summed E-state index contributed by atoms with van der Waals surface area (Å²) >= 11 is 0. The van der Waals surface area contributed by atoms with Crippen LogP contribution >= 0.6 is 0 Å². The van der Waals surface area contributed by atoms with Crippen molar-refractivity contribution in [2.45, 2.75) is 51.0 Å². The van der Waals surface area contributed by atoms with Gasteiger partial charge in [-0.1, -0.05) is 6.42 Å². The summed E-state index contributed by atoms with van der Waals surface area (Å²) in [6.45, 7) is 1.85. The molecular weight excluding hydrogens is 356 g/mol. The molecule has 0 aliphatic heterocycles. The zero-order chi connectivity index (χ0) is 19.7. The fourth-order valence-electron chi connectivity index (χ4n) is 2.46. The van der Waals surface area contributed by atoms with Crippen LogP contribution in [0.25, 0.3) is 0 Å². The van der Waals surface area contributed by atoms with Crippen LogP contribution in [-0.4, -0.2) is 68.8 Å². The van der Waals surface area contributed by atoms with Crippen LogP contribution in [0.4, 0.5) is 0 Å². The van der Waals surface area contributed by atoms with Crippen molar-refractivity contribution in [1.82, 2.24) is 10.6 Å². The summed E-state index contributed by atoms with van der Waals surface area (Å²) in [6, 6.07) is 0.668. The second-order valence-electron chi connectivity index (χ2n) is 6.01. The molecular formula is C17H36N2O6Si. The first-order valence-electron chi connectivity index (χ1n) is 9.21. The van der Waals surface area contributed by atoms with E-state index in [9.17, 15) is 9.59 Å². The summed E-state index contributed by atoms with van der Waals surface area (Å²) in [5, 5.41) is 5.78. The van der Waals surface area contributed by atoms with Crippen molar-refractivity contribution in [3.63, 3.8) is 0 Å². The zero-order valence-electron chi connectivity index (χ0n) is 16.7. The third kappa shape index (κ3) is 12.4. The molecule has 0 heterocycles. The Labute approximate surface area is 158 Å². The fraction of sp³-hybridized carbons (Fsp3) is 0.882. The van der Waals surface area contributed by atoms with Gasteiger partial charge < -0.3 is 28.6 Å². The number of hydrogen-bond donors (Lipinski definition) is 2. The van der Waals surface area contributed by atoms with Crippen LogP contribution in [-0.2, 0) is 27.6 Å². The number of ether oxygens (including phenoxy) is 1. The standard InChI is InChI=1S/C17H36N2O6Si/c1-22-14-8-11-17(21)18-12-7-5-6-10-16(20)19-13-9-15-26(23-2,24-3)25-4/h5-15H2,1-4H3,(H,18,21)(H,19,20). The Bertz CT molecular complexity index is 372. The van der Waals surface area contributed by atoms with E-state index in [4.69, 9.17) is 18.0 Å². The molecule has 8 nitrogen and oxygen atoms in total. The molecule has 26 heavy (non-hydrogen) atoms. The lowest BCUT2D eigenvalue weighted by Crippen LogP contribution is -2.43. The van der Waals surface area contributed by atoms with E-state index in [1.807, 2.05) is 0 Å². The predicted octanol–water partition coefficient (Wildman–Crippen LogP) is 1.47. The van der Waals surface area contributed by atoms with E-state index < -0.39 is 8.80 Å². The molecule has 0 saturated carbocycles. The Morgan fingerprint density at radius 3 is 1.81 bits per heavy atom. The van der Waals surface area contributed by atoms with Crippen LogP contribution in [0.5, 0.6) is 0 Å². The molecule has 2 amide bonds. The summed E-state index contributed by atoms with van der Waals surface area (Å²) < 4.78 is 20.9. The van der Waals surface area contributed by atoms with E-state index in [0.717, 1.165) is 32.1 Å². The van der Waals surface area contributed by atoms with E-state index in [0.29, 0.717) is 38.6 Å². The van der Waals surface area contributed by atoms with Crippen molar-refractivity contribution in [1.29, 1.82) is 0 Å². The highest BCUT2D eigenvalue weighted by Crippen LogP contribution is 2.14. The van der Waals surface area contributed by atoms with Gasteiger partial charge in [0, 0.05) is 67.0 Å². The third-order valence-corrected chi connectivity index (χ3v) is 6.90. The largest absolute Gasteiger partial charge is 0.500 e. The second kappa shape index (κ2) is 16.2. The van der Waals surface area contributed by atoms with Crippen molar-refractivity contribution in [2.24, 2.45) is 0 Å². The van der Waals surface area contributed by atoms with Crippen LogP contribution in [0.15, 0.2) is 0 Å². The smallest absolute Gasteiger partial charge is 0.385 e. The van der Waals surface area contributed by atoms with Crippen LogP contribution in [0.1, 0.15) is 44.9 Å². The molecule has 0 bridgehead atoms. The minimum absolute atomic E-state index is 0.0492. The van der Waals surface area contributed by atoms with E-state index in [1.54, 1.807) is 28.4 Å². The van der Waals surface area contributed by atoms with Gasteiger partial charge >= 0.3 is 8.80 Å². The summed E-state index contributed by atoms with van der Waals surface area (Å²) in [6.07, 6.45) is 5.11. The first kappa shape index (κ1) is 25.0. The number of carbonyl (C=O) groups is 2. The van der Waals surface area contributed by atoms with Gasteiger partial charge in [-0.2, -0.15) is 0 Å². The normalized spacial score (nSPS) is 11.4. The van der Waals surface area contributed by atoms with Crippen molar-refractivity contribution in [2.75, 3.05) is 48.1 Å². The number of methoxy groups -OCH3 is 1. The molecule has 0 atom stereocenters. The van der Waals surface area contributed by atoms with E-state index in [2.05, 4.69) is 10.6 Å². The van der Waals surface area contributed by atoms with Crippen molar-refractivity contribution in [3.05, 3.63) is 0 Å². The molecule has 0 aromatic heterocycles. The van der Waals surface area contributed by atoms with Crippen LogP contribution in [0, 0.1) is 0 Å². The fourth-order valence-corrected chi connectivity index (χ4v) is 4.18. The van der Waals surface area contributed by atoms with Crippen LogP contribution in [0.2, 0.25) is 6.04 Å². The molecule has 0 fully saturated rings. The van der Waals surface area contributed by atoms with Gasteiger partial charge in [0.1, 0.15) is 0 Å². The minimum Gasteiger partial charge on any atom is -0.385 e. The second-order valence-corrected chi connectivity index (χ2v) is 9.10. The molecule has 0 saturated heterocycles. The number of carbonyl (C=O) groups excluding carboxylic acids is 2. The topological polar surface area (TPSA) is 95.1 Å². The highest BCUT2D eigenvalue weighted by atomic mass is 28.4. The van der Waals surface area contributed by atoms with E-state index in [-0.39, 0.29) is 11.8 Å². The Morgan fingerprint density at radius 2 is 1.27 bits per heavy atom. The number of unbranched alkanes of at least 4 members (excludes halogenated alkanes) is 2. The van der Waals surface area contributed by atoms with Gasteiger partial charge in [-0.25, -0.2) is 0 Å². The molecule has 9 heteroatoms. The molecule has 0 unspecified atom stereocenters. The van der Waals surface area contributed by atoms with Crippen molar-refractivity contribution >= 4 is 20.6 Å². The highest BCUT2D eigenvalue weighted by Gasteiger charge is 2.36. The Kier molecular flexibility index (Phi) is 15.6. The zero-order valence-corrected chi connectivity index (χ0v) is 17.7. The van der Waals surface area contributed by atoms with Gasteiger partial charge in [0.25, 0.3) is 0 Å². The first-order chi connectivity index (χ1) is 12.5. The Hall–Kier alpha value is -1.00. The number of rotatable bonds is 17. The van der Waals surface area contributed by atoms with E-state index in [1.165, 1.54) is 0 Å². The lowest BCUT2D eigenvalue weighted by Gasteiger charge is -2.24. The maximum atomic E-state index is 11.8. The Morgan fingerprint density at radius 1 is 0.731 bits per heavy atom. The summed E-state index contributed by atoms with van der Waals surface area (Å²) in [5.41, 5.74) is 0. The molecule has 154 valence electrons. The molecule has 0 radical (unpaired) electrons. The minimum atomic E-state index is -2.54. The van der Waals surface area contributed by atoms with Gasteiger partial charge in [0.15, 0.2) is 0 Å². The molecule has 0 rings (SSSR count). The lowest BCUT2D eigenvalue weighted by atomic mass is 10.2. The molecule has 2 N–H and O–H groups in total. The van der Waals surface area contributed by atoms with Crippen LogP contribution in [0.3, 0.4) is 0 Å². The number of amides is 2. The van der Waals surface area contributed by atoms with Gasteiger partial charge in [-0.05, 0) is 25.7 Å². The highest BCUT2D eigenvalue weighted by molar-refractivity contribution is 6.60. The van der Waals surface area contributed by atoms with Gasteiger partial charge in [0.05, 0.1) is 0 Å². The summed E-state index contributed by atoms with van der Waals surface area (Å²) in [7, 11) is 3.83. The van der Waals surface area contributed by atoms with Gasteiger partial charge in [-0.15, -0.1) is 0 Å². The van der Waals surface area contributed by atoms with Gasteiger partial charge in [0.2, 0.25) is 11.8 Å². The first-order valence-corrected chi connectivity index (χ1v) is 11.1. The molecule has 0 aliphatic rings. The summed E-state index contributed by atoms with van der Waals surface area (Å²) in [5.74, 6) is 0.107. The predicted molar refractivity (Wildman–Crippen MR) is 102 cm³/mol. The maximum Gasteiger partial charge on any atom is 0.500 e. The molecule has 0 aromatic rings. The lowest BCUT2D eigenvalue weighted by molar-refractivity contribution is -0.122. The van der Waals surface area contributed by atoms with Crippen molar-refractivity contribution in [3.8, 4) is 0 Å². The molecule has 0 aromatic carbocycles. The molecule has 0 aliphatic carbocycles. The quantitative estimate of drug-likeness (QED) is 0.288. The molecule has 0 spiro atoms. The third-order valence-electron chi connectivity index (χ3n) is 4.07. The Balaban J connectivity index is 3.56. The monoisotopic (exact) mass is 392 g/mol. The number of hydrogen-bond acceptors (Lipinski definition) is 6. The summed E-state index contributed by atoms with van der Waals surface area (Å²) in [4.78, 5) is 23.3. The average Bonchev–Trinajstić information content (AvgIpc) is 2.65. The SMILES string of the molecule is COCCCC(=O)NCCCCCC(=O)NCCC[Si](OC)(OC)OC. The average molecular weight is 393 g/mol. The number of nitrogens with one attached hydrogen (secondary N) is 2. The van der Waals surface area contributed by atoms with Crippen molar-refractivity contribution < 1.29 is 27.6 Å². The van der Waals surface area contributed by atoms with Gasteiger partial charge in [-0.3, -0.25) is 9.59 Å². The van der Waals surface area contributed by atoms with Crippen LogP contribution < -0.4 is 10.6 Å². The maximum absolute atomic E-state index is 11.8. The van der Waals surface area contributed by atoms with E-state index >= 15 is 0 Å².